The maximum absolute atomic E-state index is 11.2. The van der Waals surface area contributed by atoms with Crippen molar-refractivity contribution >= 4 is 5.97 Å². The van der Waals surface area contributed by atoms with Crippen molar-refractivity contribution in [1.29, 1.82) is 0 Å². The van der Waals surface area contributed by atoms with Crippen molar-refractivity contribution in [3.8, 4) is 0 Å². The molecule has 19 heavy (non-hydrogen) atoms. The molecule has 6 heteroatoms. The van der Waals surface area contributed by atoms with Crippen molar-refractivity contribution in [2.75, 3.05) is 20.3 Å². The smallest absolute Gasteiger partial charge is 0.337 e. The molecule has 0 spiro atoms. The molecule has 1 fully saturated rings. The molecule has 2 N–H and O–H groups in total. The van der Waals surface area contributed by atoms with Gasteiger partial charge in [-0.3, -0.25) is 0 Å². The van der Waals surface area contributed by atoms with Gasteiger partial charge in [-0.15, -0.1) is 0 Å². The van der Waals surface area contributed by atoms with Crippen molar-refractivity contribution in [2.45, 2.75) is 18.5 Å². The minimum Gasteiger partial charge on any atom is -0.467 e. The monoisotopic (exact) mass is 268 g/mol. The van der Waals surface area contributed by atoms with E-state index in [1.807, 2.05) is 0 Å². The summed E-state index contributed by atoms with van der Waals surface area (Å²) in [5.41, 5.74) is 1.13. The molecule has 0 bridgehead atoms. The van der Waals surface area contributed by atoms with Crippen LogP contribution < -0.4 is 0 Å². The molecule has 6 nitrogen and oxygen atoms in total. The second kappa shape index (κ2) is 6.12. The summed E-state index contributed by atoms with van der Waals surface area (Å²) >= 11 is 0. The Bertz CT molecular complexity index is 441. The fourth-order valence-electron chi connectivity index (χ4n) is 1.87. The van der Waals surface area contributed by atoms with Crippen LogP contribution in [0.15, 0.2) is 24.3 Å². The lowest BCUT2D eigenvalue weighted by Crippen LogP contribution is -2.29. The molecule has 1 saturated heterocycles. The van der Waals surface area contributed by atoms with Gasteiger partial charge >= 0.3 is 5.97 Å². The van der Waals surface area contributed by atoms with Gasteiger partial charge in [0.15, 0.2) is 12.4 Å². The second-order valence-corrected chi connectivity index (χ2v) is 4.16. The molecule has 1 aliphatic heterocycles. The fraction of sp³-hybridized carbons (Fsp3) is 0.462. The number of rotatable bonds is 4. The minimum atomic E-state index is -1.62. The normalized spacial score (nSPS) is 19.1. The Hall–Kier alpha value is -1.47. The highest BCUT2D eigenvalue weighted by atomic mass is 16.7. The van der Waals surface area contributed by atoms with E-state index in [-0.39, 0.29) is 0 Å². The van der Waals surface area contributed by atoms with E-state index in [1.165, 1.54) is 0 Å². The zero-order valence-electron chi connectivity index (χ0n) is 10.5. The first-order valence-corrected chi connectivity index (χ1v) is 5.90. The summed E-state index contributed by atoms with van der Waals surface area (Å²) in [6, 6.07) is 6.72. The number of esters is 1. The summed E-state index contributed by atoms with van der Waals surface area (Å²) in [4.78, 5) is 11.2. The number of aliphatic hydroxyl groups excluding tert-OH is 2. The average molecular weight is 268 g/mol. The lowest BCUT2D eigenvalue weighted by molar-refractivity contribution is -0.156. The summed E-state index contributed by atoms with van der Waals surface area (Å²) in [6.45, 7) is 1.03. The Labute approximate surface area is 110 Å². The van der Waals surface area contributed by atoms with E-state index >= 15 is 0 Å². The van der Waals surface area contributed by atoms with Crippen LogP contribution in [0.1, 0.15) is 23.5 Å². The summed E-state index contributed by atoms with van der Waals surface area (Å²) in [5, 5.41) is 19.5. The van der Waals surface area contributed by atoms with E-state index in [4.69, 9.17) is 9.47 Å². The maximum atomic E-state index is 11.2. The van der Waals surface area contributed by atoms with Crippen LogP contribution in [0.5, 0.6) is 0 Å². The van der Waals surface area contributed by atoms with Crippen LogP contribution in [0.25, 0.3) is 0 Å². The van der Waals surface area contributed by atoms with Gasteiger partial charge in [0.25, 0.3) is 0 Å². The highest BCUT2D eigenvalue weighted by Crippen LogP contribution is 2.26. The Morgan fingerprint density at radius 3 is 2.68 bits per heavy atom. The van der Waals surface area contributed by atoms with Crippen molar-refractivity contribution in [2.24, 2.45) is 0 Å². The summed E-state index contributed by atoms with van der Waals surface area (Å²) < 4.78 is 15.1. The number of aliphatic hydroxyl groups is 2. The number of benzene rings is 1. The molecule has 2 rings (SSSR count). The fourth-order valence-corrected chi connectivity index (χ4v) is 1.87. The van der Waals surface area contributed by atoms with Crippen LogP contribution in [0.4, 0.5) is 0 Å². The summed E-state index contributed by atoms with van der Waals surface area (Å²) in [6.07, 6.45) is -3.44. The zero-order chi connectivity index (χ0) is 13.8. The number of methoxy groups -OCH3 is 1. The first-order chi connectivity index (χ1) is 9.13. The number of carbonyl (C=O) groups excluding carboxylic acids is 1. The molecule has 1 heterocycles. The van der Waals surface area contributed by atoms with Gasteiger partial charge in [0.1, 0.15) is 6.10 Å². The van der Waals surface area contributed by atoms with Crippen LogP contribution in [0.2, 0.25) is 0 Å². The van der Waals surface area contributed by atoms with Crippen molar-refractivity contribution in [3.63, 3.8) is 0 Å². The number of hydrogen-bond acceptors (Lipinski definition) is 6. The third-order valence-electron chi connectivity index (χ3n) is 2.89. The molecule has 2 atom stereocenters. The predicted molar refractivity (Wildman–Crippen MR) is 64.1 cm³/mol. The summed E-state index contributed by atoms with van der Waals surface area (Å²) in [5.74, 6) is -0.883. The number of hydrogen-bond donors (Lipinski definition) is 2. The van der Waals surface area contributed by atoms with Gasteiger partial charge in [0.05, 0.1) is 20.3 Å². The molecule has 0 amide bonds. The topological polar surface area (TPSA) is 85.2 Å². The van der Waals surface area contributed by atoms with E-state index in [2.05, 4.69) is 4.74 Å². The highest BCUT2D eigenvalue weighted by molar-refractivity contribution is 5.75. The van der Waals surface area contributed by atoms with E-state index < -0.39 is 24.5 Å². The number of carbonyl (C=O) groups is 1. The molecule has 0 saturated carbocycles. The first-order valence-electron chi connectivity index (χ1n) is 5.90. The largest absolute Gasteiger partial charge is 0.467 e. The standard InChI is InChI=1S/C13H16O6/c1-17-12(16)11(15)10(14)8-3-2-4-9(7-8)13-18-5-6-19-13/h2-4,7,10-11,13-15H,5-6H2,1H3. The Balaban J connectivity index is 2.15. The number of ether oxygens (including phenoxy) is 3. The average Bonchev–Trinajstić information content (AvgIpc) is 2.99. The molecule has 0 aliphatic carbocycles. The van der Waals surface area contributed by atoms with Crippen LogP contribution >= 0.6 is 0 Å². The third-order valence-corrected chi connectivity index (χ3v) is 2.89. The second-order valence-electron chi connectivity index (χ2n) is 4.16. The van der Waals surface area contributed by atoms with E-state index in [0.29, 0.717) is 18.8 Å². The van der Waals surface area contributed by atoms with Crippen LogP contribution in [-0.2, 0) is 19.0 Å². The van der Waals surface area contributed by atoms with Gasteiger partial charge in [-0.1, -0.05) is 18.2 Å². The quantitative estimate of drug-likeness (QED) is 0.764. The van der Waals surface area contributed by atoms with E-state index in [0.717, 1.165) is 12.7 Å². The first kappa shape index (κ1) is 14.0. The summed E-state index contributed by atoms with van der Waals surface area (Å²) in [7, 11) is 1.15. The minimum absolute atomic E-state index is 0.398. The molecular weight excluding hydrogens is 252 g/mol. The van der Waals surface area contributed by atoms with E-state index in [9.17, 15) is 15.0 Å². The molecule has 0 radical (unpaired) electrons. The Kier molecular flexibility index (Phi) is 4.49. The Morgan fingerprint density at radius 1 is 1.37 bits per heavy atom. The van der Waals surface area contributed by atoms with Gasteiger partial charge in [-0.25, -0.2) is 4.79 Å². The highest BCUT2D eigenvalue weighted by Gasteiger charge is 2.27. The van der Waals surface area contributed by atoms with Crippen molar-refractivity contribution in [1.82, 2.24) is 0 Å². The van der Waals surface area contributed by atoms with Gasteiger partial charge in [0, 0.05) is 5.56 Å². The lowest BCUT2D eigenvalue weighted by atomic mass is 10.0. The zero-order valence-corrected chi connectivity index (χ0v) is 10.5. The van der Waals surface area contributed by atoms with Gasteiger partial charge in [-0.05, 0) is 11.6 Å². The maximum Gasteiger partial charge on any atom is 0.337 e. The van der Waals surface area contributed by atoms with Gasteiger partial charge in [-0.2, -0.15) is 0 Å². The van der Waals surface area contributed by atoms with Crippen LogP contribution in [-0.4, -0.2) is 42.6 Å². The lowest BCUT2D eigenvalue weighted by Gasteiger charge is -2.17. The molecule has 1 aromatic carbocycles. The van der Waals surface area contributed by atoms with Gasteiger partial charge in [0.2, 0.25) is 0 Å². The molecule has 0 aromatic heterocycles. The van der Waals surface area contributed by atoms with Crippen molar-refractivity contribution < 1.29 is 29.2 Å². The molecule has 1 aromatic rings. The Morgan fingerprint density at radius 2 is 2.05 bits per heavy atom. The molecular formula is C13H16O6. The third kappa shape index (κ3) is 3.10. The molecule has 1 aliphatic rings. The predicted octanol–water partition coefficient (Wildman–Crippen LogP) is 0.299. The van der Waals surface area contributed by atoms with E-state index in [1.54, 1.807) is 24.3 Å². The van der Waals surface area contributed by atoms with Crippen LogP contribution in [0.3, 0.4) is 0 Å². The van der Waals surface area contributed by atoms with Crippen molar-refractivity contribution in [3.05, 3.63) is 35.4 Å². The van der Waals surface area contributed by atoms with Crippen LogP contribution in [0, 0.1) is 0 Å². The molecule has 2 unspecified atom stereocenters. The van der Waals surface area contributed by atoms with Gasteiger partial charge < -0.3 is 24.4 Å². The SMILES string of the molecule is COC(=O)C(O)C(O)c1cccc(C2OCCO2)c1. The molecule has 104 valence electrons.